The molecular weight excluding hydrogens is 240 g/mol. The van der Waals surface area contributed by atoms with E-state index in [4.69, 9.17) is 5.73 Å². The van der Waals surface area contributed by atoms with Crippen LogP contribution < -0.4 is 10.6 Å². The van der Waals surface area contributed by atoms with E-state index in [9.17, 15) is 0 Å². The van der Waals surface area contributed by atoms with Crippen molar-refractivity contribution in [3.63, 3.8) is 0 Å². The average molecular weight is 264 g/mol. The first-order valence-electron chi connectivity index (χ1n) is 6.90. The smallest absolute Gasteiger partial charge is 0.0425 e. The second-order valence-corrected chi connectivity index (χ2v) is 5.90. The van der Waals surface area contributed by atoms with Gasteiger partial charge in [0, 0.05) is 35.3 Å². The van der Waals surface area contributed by atoms with Crippen LogP contribution in [0, 0.1) is 0 Å². The first-order valence-corrected chi connectivity index (χ1v) is 8.13. The van der Waals surface area contributed by atoms with E-state index in [-0.39, 0.29) is 0 Å². The summed E-state index contributed by atoms with van der Waals surface area (Å²) >= 11 is 1.80. The summed E-state index contributed by atoms with van der Waals surface area (Å²) in [6.45, 7) is 4.15. The van der Waals surface area contributed by atoms with Crippen LogP contribution in [0.2, 0.25) is 0 Å². The molecule has 1 saturated heterocycles. The Hall–Kier alpha value is -0.670. The first kappa shape index (κ1) is 13.8. The van der Waals surface area contributed by atoms with E-state index in [1.54, 1.807) is 11.8 Å². The number of nitrogens with zero attached hydrogens (tertiary/aromatic N) is 1. The summed E-state index contributed by atoms with van der Waals surface area (Å²) in [5.74, 6) is 0. The minimum atomic E-state index is 0.634. The highest BCUT2D eigenvalue weighted by Gasteiger charge is 2.20. The Morgan fingerprint density at radius 3 is 2.89 bits per heavy atom. The molecule has 1 aliphatic rings. The monoisotopic (exact) mass is 264 g/mol. The van der Waals surface area contributed by atoms with Gasteiger partial charge in [0.2, 0.25) is 0 Å². The van der Waals surface area contributed by atoms with Gasteiger partial charge in [-0.1, -0.05) is 18.9 Å². The van der Waals surface area contributed by atoms with Gasteiger partial charge in [-0.15, -0.1) is 11.8 Å². The third-order valence-corrected chi connectivity index (χ3v) is 4.72. The van der Waals surface area contributed by atoms with E-state index in [1.807, 2.05) is 0 Å². The summed E-state index contributed by atoms with van der Waals surface area (Å²) < 4.78 is 0. The molecule has 2 N–H and O–H groups in total. The third-order valence-electron chi connectivity index (χ3n) is 3.89. The summed E-state index contributed by atoms with van der Waals surface area (Å²) in [4.78, 5) is 3.89. The molecule has 18 heavy (non-hydrogen) atoms. The normalized spacial score (nSPS) is 20.8. The quantitative estimate of drug-likeness (QED) is 0.845. The average Bonchev–Trinajstić information content (AvgIpc) is 2.62. The number of nitrogens with two attached hydrogens (primary N) is 1. The fourth-order valence-corrected chi connectivity index (χ4v) is 3.50. The highest BCUT2D eigenvalue weighted by Crippen LogP contribution is 2.32. The molecule has 0 spiro atoms. The Labute approximate surface area is 115 Å². The number of anilines is 1. The van der Waals surface area contributed by atoms with Crippen molar-refractivity contribution < 1.29 is 0 Å². The van der Waals surface area contributed by atoms with Gasteiger partial charge in [0.05, 0.1) is 0 Å². The lowest BCUT2D eigenvalue weighted by atomic mass is 10.1. The molecule has 1 fully saturated rings. The van der Waals surface area contributed by atoms with Gasteiger partial charge in [-0.05, 0) is 38.2 Å². The molecule has 3 heteroatoms. The molecule has 0 aliphatic carbocycles. The van der Waals surface area contributed by atoms with Crippen LogP contribution in [0.25, 0.3) is 0 Å². The third kappa shape index (κ3) is 2.83. The van der Waals surface area contributed by atoms with Crippen molar-refractivity contribution in [3.05, 3.63) is 23.8 Å². The van der Waals surface area contributed by atoms with E-state index in [0.717, 1.165) is 0 Å². The van der Waals surface area contributed by atoms with Gasteiger partial charge in [-0.25, -0.2) is 0 Å². The second-order valence-electron chi connectivity index (χ2n) is 5.05. The van der Waals surface area contributed by atoms with E-state index in [0.29, 0.717) is 12.6 Å². The molecule has 0 aromatic heterocycles. The summed E-state index contributed by atoms with van der Waals surface area (Å²) in [6, 6.07) is 7.22. The zero-order valence-electron chi connectivity index (χ0n) is 11.5. The highest BCUT2D eigenvalue weighted by molar-refractivity contribution is 7.98. The Bertz CT molecular complexity index is 392. The number of rotatable bonds is 3. The van der Waals surface area contributed by atoms with Crippen molar-refractivity contribution in [2.75, 3.05) is 17.7 Å². The molecule has 0 radical (unpaired) electrons. The van der Waals surface area contributed by atoms with Crippen molar-refractivity contribution >= 4 is 17.4 Å². The Morgan fingerprint density at radius 1 is 1.33 bits per heavy atom. The van der Waals surface area contributed by atoms with Gasteiger partial charge in [0.25, 0.3) is 0 Å². The van der Waals surface area contributed by atoms with E-state index >= 15 is 0 Å². The first-order chi connectivity index (χ1) is 8.77. The van der Waals surface area contributed by atoms with Crippen LogP contribution in [0.15, 0.2) is 23.1 Å². The Morgan fingerprint density at radius 2 is 2.17 bits per heavy atom. The second kappa shape index (κ2) is 6.48. The molecule has 100 valence electrons. The SMILES string of the molecule is CSc1cccc(N2CCCCCC2C)c1CN. The van der Waals surface area contributed by atoms with Crippen LogP contribution >= 0.6 is 11.8 Å². The van der Waals surface area contributed by atoms with Crippen molar-refractivity contribution in [2.45, 2.75) is 50.1 Å². The fraction of sp³-hybridized carbons (Fsp3) is 0.600. The van der Waals surface area contributed by atoms with Crippen molar-refractivity contribution in [3.8, 4) is 0 Å². The van der Waals surface area contributed by atoms with Gasteiger partial charge in [-0.2, -0.15) is 0 Å². The Kier molecular flexibility index (Phi) is 4.95. The maximum absolute atomic E-state index is 5.98. The van der Waals surface area contributed by atoms with Crippen molar-refractivity contribution in [1.29, 1.82) is 0 Å². The number of hydrogen-bond donors (Lipinski definition) is 1. The topological polar surface area (TPSA) is 29.3 Å². The highest BCUT2D eigenvalue weighted by atomic mass is 32.2. The van der Waals surface area contributed by atoms with Gasteiger partial charge >= 0.3 is 0 Å². The van der Waals surface area contributed by atoms with Crippen molar-refractivity contribution in [1.82, 2.24) is 0 Å². The lowest BCUT2D eigenvalue weighted by Gasteiger charge is -2.32. The molecule has 0 bridgehead atoms. The maximum Gasteiger partial charge on any atom is 0.0425 e. The predicted octanol–water partition coefficient (Wildman–Crippen LogP) is 3.64. The lowest BCUT2D eigenvalue weighted by molar-refractivity contribution is 0.613. The summed E-state index contributed by atoms with van der Waals surface area (Å²) in [5, 5.41) is 0. The van der Waals surface area contributed by atoms with Crippen LogP contribution in [-0.2, 0) is 6.54 Å². The molecule has 1 aromatic rings. The molecule has 0 amide bonds. The van der Waals surface area contributed by atoms with Crippen LogP contribution in [0.1, 0.15) is 38.2 Å². The van der Waals surface area contributed by atoms with E-state index in [1.165, 1.54) is 48.4 Å². The van der Waals surface area contributed by atoms with Gasteiger partial charge < -0.3 is 10.6 Å². The van der Waals surface area contributed by atoms with E-state index < -0.39 is 0 Å². The summed E-state index contributed by atoms with van der Waals surface area (Å²) in [5.41, 5.74) is 8.66. The summed E-state index contributed by atoms with van der Waals surface area (Å²) in [6.07, 6.45) is 7.45. The number of hydrogen-bond acceptors (Lipinski definition) is 3. The molecule has 1 heterocycles. The van der Waals surface area contributed by atoms with Gasteiger partial charge in [-0.3, -0.25) is 0 Å². The number of thioether (sulfide) groups is 1. The molecular formula is C15H24N2S. The molecule has 1 atom stereocenters. The molecule has 1 aliphatic heterocycles. The van der Waals surface area contributed by atoms with Crippen LogP contribution in [0.4, 0.5) is 5.69 Å². The number of benzene rings is 1. The minimum absolute atomic E-state index is 0.634. The zero-order valence-corrected chi connectivity index (χ0v) is 12.3. The molecule has 2 nitrogen and oxygen atoms in total. The van der Waals surface area contributed by atoms with E-state index in [2.05, 4.69) is 36.3 Å². The molecule has 0 saturated carbocycles. The standard InChI is InChI=1S/C15H24N2S/c1-12-7-4-3-5-10-17(12)14-8-6-9-15(18-2)13(14)11-16/h6,8-9,12H,3-5,7,10-11,16H2,1-2H3. The fourth-order valence-electron chi connectivity index (χ4n) is 2.85. The zero-order chi connectivity index (χ0) is 13.0. The molecule has 2 rings (SSSR count). The largest absolute Gasteiger partial charge is 0.369 e. The summed E-state index contributed by atoms with van der Waals surface area (Å²) in [7, 11) is 0. The maximum atomic E-state index is 5.98. The molecule has 1 aromatic carbocycles. The van der Waals surface area contributed by atoms with Gasteiger partial charge in [0.1, 0.15) is 0 Å². The van der Waals surface area contributed by atoms with Crippen molar-refractivity contribution in [2.24, 2.45) is 5.73 Å². The lowest BCUT2D eigenvalue weighted by Crippen LogP contribution is -2.33. The molecule has 1 unspecified atom stereocenters. The van der Waals surface area contributed by atoms with Crippen LogP contribution in [0.5, 0.6) is 0 Å². The Balaban J connectivity index is 2.36. The van der Waals surface area contributed by atoms with Crippen LogP contribution in [-0.4, -0.2) is 18.8 Å². The predicted molar refractivity (Wildman–Crippen MR) is 81.4 cm³/mol. The van der Waals surface area contributed by atoms with Crippen LogP contribution in [0.3, 0.4) is 0 Å². The minimum Gasteiger partial charge on any atom is -0.369 e. The van der Waals surface area contributed by atoms with Gasteiger partial charge in [0.15, 0.2) is 0 Å².